The second-order valence-corrected chi connectivity index (χ2v) is 5.29. The first kappa shape index (κ1) is 14.9. The minimum absolute atomic E-state index is 0.105. The van der Waals surface area contributed by atoms with Crippen LogP contribution in [-0.4, -0.2) is 64.4 Å². The Balaban J connectivity index is 1.58. The number of ether oxygens (including phenoxy) is 2. The SMILES string of the molecule is Cc1nc2c(O)ncnc2cc1OCCCN1CCOCC1. The standard InChI is InChI=1S/C15H20N4O3/c1-11-13(9-12-14(18-11)15(20)17-10-16-12)22-6-2-3-19-4-7-21-8-5-19/h9-10H,2-8H2,1H3,(H,16,17,20). The highest BCUT2D eigenvalue weighted by Crippen LogP contribution is 2.24. The van der Waals surface area contributed by atoms with Crippen LogP contribution in [0.4, 0.5) is 0 Å². The van der Waals surface area contributed by atoms with Crippen molar-refractivity contribution < 1.29 is 14.6 Å². The predicted octanol–water partition coefficient (Wildman–Crippen LogP) is 1.14. The molecule has 7 nitrogen and oxygen atoms in total. The summed E-state index contributed by atoms with van der Waals surface area (Å²) < 4.78 is 11.1. The molecular formula is C15H20N4O3. The van der Waals surface area contributed by atoms with E-state index in [1.165, 1.54) is 6.33 Å². The van der Waals surface area contributed by atoms with Gasteiger partial charge in [-0.25, -0.2) is 15.0 Å². The van der Waals surface area contributed by atoms with Crippen LogP contribution >= 0.6 is 0 Å². The van der Waals surface area contributed by atoms with Crippen LogP contribution in [0.2, 0.25) is 0 Å². The zero-order chi connectivity index (χ0) is 15.4. The molecule has 22 heavy (non-hydrogen) atoms. The molecule has 1 aliphatic heterocycles. The van der Waals surface area contributed by atoms with Gasteiger partial charge in [0.1, 0.15) is 12.1 Å². The molecule has 0 saturated carbocycles. The fraction of sp³-hybridized carbons (Fsp3) is 0.533. The molecule has 0 unspecified atom stereocenters. The van der Waals surface area contributed by atoms with E-state index in [-0.39, 0.29) is 5.88 Å². The van der Waals surface area contributed by atoms with Crippen molar-refractivity contribution >= 4 is 11.0 Å². The summed E-state index contributed by atoms with van der Waals surface area (Å²) in [6, 6.07) is 1.80. The Morgan fingerprint density at radius 2 is 2.14 bits per heavy atom. The molecule has 0 atom stereocenters. The largest absolute Gasteiger partial charge is 0.492 e. The van der Waals surface area contributed by atoms with Crippen molar-refractivity contribution in [2.45, 2.75) is 13.3 Å². The molecule has 3 rings (SSSR count). The van der Waals surface area contributed by atoms with Gasteiger partial charge in [0.25, 0.3) is 0 Å². The van der Waals surface area contributed by atoms with Gasteiger partial charge >= 0.3 is 0 Å². The second-order valence-electron chi connectivity index (χ2n) is 5.29. The van der Waals surface area contributed by atoms with Crippen molar-refractivity contribution in [2.24, 2.45) is 0 Å². The fourth-order valence-corrected chi connectivity index (χ4v) is 2.49. The maximum Gasteiger partial charge on any atom is 0.241 e. The topological polar surface area (TPSA) is 80.6 Å². The number of aryl methyl sites for hydroxylation is 1. The average molecular weight is 304 g/mol. The number of hydrogen-bond acceptors (Lipinski definition) is 7. The first-order valence-corrected chi connectivity index (χ1v) is 7.48. The Hall–Kier alpha value is -1.99. The lowest BCUT2D eigenvalue weighted by molar-refractivity contribution is 0.0358. The molecule has 0 spiro atoms. The second kappa shape index (κ2) is 6.85. The van der Waals surface area contributed by atoms with E-state index in [2.05, 4.69) is 19.9 Å². The van der Waals surface area contributed by atoms with Crippen molar-refractivity contribution in [2.75, 3.05) is 39.5 Å². The Kier molecular flexibility index (Phi) is 4.65. The first-order valence-electron chi connectivity index (χ1n) is 7.48. The van der Waals surface area contributed by atoms with Crippen LogP contribution in [0.25, 0.3) is 11.0 Å². The van der Waals surface area contributed by atoms with Crippen LogP contribution in [0.15, 0.2) is 12.4 Å². The molecule has 0 radical (unpaired) electrons. The summed E-state index contributed by atoms with van der Waals surface area (Å²) in [6.07, 6.45) is 2.27. The van der Waals surface area contributed by atoms with Crippen molar-refractivity contribution in [1.82, 2.24) is 19.9 Å². The van der Waals surface area contributed by atoms with Crippen molar-refractivity contribution in [3.05, 3.63) is 18.1 Å². The van der Waals surface area contributed by atoms with Crippen LogP contribution in [0.1, 0.15) is 12.1 Å². The summed E-state index contributed by atoms with van der Waals surface area (Å²) in [4.78, 5) is 14.5. The van der Waals surface area contributed by atoms with Gasteiger partial charge in [-0.05, 0) is 13.3 Å². The van der Waals surface area contributed by atoms with Gasteiger partial charge in [-0.1, -0.05) is 0 Å². The van der Waals surface area contributed by atoms with E-state index in [0.717, 1.165) is 45.0 Å². The highest BCUT2D eigenvalue weighted by Gasteiger charge is 2.11. The molecule has 2 aromatic heterocycles. The Morgan fingerprint density at radius 3 is 2.95 bits per heavy atom. The molecule has 1 aliphatic rings. The van der Waals surface area contributed by atoms with Crippen LogP contribution in [-0.2, 0) is 4.74 Å². The van der Waals surface area contributed by atoms with Crippen LogP contribution in [0.3, 0.4) is 0 Å². The van der Waals surface area contributed by atoms with Gasteiger partial charge in [-0.2, -0.15) is 0 Å². The summed E-state index contributed by atoms with van der Waals surface area (Å²) in [6.45, 7) is 7.10. The zero-order valence-corrected chi connectivity index (χ0v) is 12.7. The van der Waals surface area contributed by atoms with Crippen LogP contribution < -0.4 is 4.74 Å². The number of rotatable bonds is 5. The predicted molar refractivity (Wildman–Crippen MR) is 81.1 cm³/mol. The van der Waals surface area contributed by atoms with Gasteiger partial charge in [-0.3, -0.25) is 4.90 Å². The van der Waals surface area contributed by atoms with E-state index >= 15 is 0 Å². The van der Waals surface area contributed by atoms with Gasteiger partial charge in [0, 0.05) is 25.7 Å². The third kappa shape index (κ3) is 3.42. The molecule has 1 N–H and O–H groups in total. The highest BCUT2D eigenvalue weighted by molar-refractivity contribution is 5.80. The molecule has 118 valence electrons. The van der Waals surface area contributed by atoms with Gasteiger partial charge < -0.3 is 14.6 Å². The monoisotopic (exact) mass is 304 g/mol. The van der Waals surface area contributed by atoms with Gasteiger partial charge in [-0.15, -0.1) is 0 Å². The number of aromatic hydroxyl groups is 1. The number of aromatic nitrogens is 3. The Morgan fingerprint density at radius 1 is 1.32 bits per heavy atom. The quantitative estimate of drug-likeness (QED) is 0.830. The van der Waals surface area contributed by atoms with E-state index in [1.807, 2.05) is 6.92 Å². The van der Waals surface area contributed by atoms with E-state index in [4.69, 9.17) is 9.47 Å². The van der Waals surface area contributed by atoms with Gasteiger partial charge in [0.15, 0.2) is 5.52 Å². The Labute approximate surface area is 128 Å². The van der Waals surface area contributed by atoms with Gasteiger partial charge in [0.05, 0.1) is 31.0 Å². The normalized spacial score (nSPS) is 16.0. The molecule has 0 amide bonds. The third-order valence-electron chi connectivity index (χ3n) is 3.72. The molecule has 2 aromatic rings. The molecule has 3 heterocycles. The van der Waals surface area contributed by atoms with Crippen molar-refractivity contribution in [3.63, 3.8) is 0 Å². The smallest absolute Gasteiger partial charge is 0.241 e. The minimum atomic E-state index is -0.105. The summed E-state index contributed by atoms with van der Waals surface area (Å²) >= 11 is 0. The van der Waals surface area contributed by atoms with E-state index in [9.17, 15) is 5.11 Å². The maximum atomic E-state index is 9.67. The fourth-order valence-electron chi connectivity index (χ4n) is 2.49. The average Bonchev–Trinajstić information content (AvgIpc) is 2.54. The van der Waals surface area contributed by atoms with Crippen molar-refractivity contribution in [1.29, 1.82) is 0 Å². The maximum absolute atomic E-state index is 9.67. The molecule has 1 saturated heterocycles. The van der Waals surface area contributed by atoms with Gasteiger partial charge in [0.2, 0.25) is 5.88 Å². The number of hydrogen-bond donors (Lipinski definition) is 1. The number of fused-ring (bicyclic) bond motifs is 1. The number of morpholine rings is 1. The molecule has 0 bridgehead atoms. The number of pyridine rings is 1. The lowest BCUT2D eigenvalue weighted by Gasteiger charge is -2.26. The lowest BCUT2D eigenvalue weighted by Crippen LogP contribution is -2.37. The van der Waals surface area contributed by atoms with E-state index < -0.39 is 0 Å². The Bertz CT molecular complexity index is 644. The third-order valence-corrected chi connectivity index (χ3v) is 3.72. The molecular weight excluding hydrogens is 284 g/mol. The van der Waals surface area contributed by atoms with E-state index in [0.29, 0.717) is 23.4 Å². The summed E-state index contributed by atoms with van der Waals surface area (Å²) in [7, 11) is 0. The summed E-state index contributed by atoms with van der Waals surface area (Å²) in [5.41, 5.74) is 1.71. The molecule has 0 aliphatic carbocycles. The number of nitrogens with zero attached hydrogens (tertiary/aromatic N) is 4. The first-order chi connectivity index (χ1) is 10.7. The van der Waals surface area contributed by atoms with E-state index in [1.54, 1.807) is 6.07 Å². The zero-order valence-electron chi connectivity index (χ0n) is 12.7. The summed E-state index contributed by atoms with van der Waals surface area (Å²) in [5, 5.41) is 9.67. The van der Waals surface area contributed by atoms with Crippen LogP contribution in [0.5, 0.6) is 11.6 Å². The highest BCUT2D eigenvalue weighted by atomic mass is 16.5. The lowest BCUT2D eigenvalue weighted by atomic mass is 10.3. The minimum Gasteiger partial charge on any atom is -0.492 e. The molecule has 7 heteroatoms. The summed E-state index contributed by atoms with van der Waals surface area (Å²) in [5.74, 6) is 0.597. The van der Waals surface area contributed by atoms with Crippen molar-refractivity contribution in [3.8, 4) is 11.6 Å². The molecule has 1 fully saturated rings. The van der Waals surface area contributed by atoms with Crippen LogP contribution in [0, 0.1) is 6.92 Å². The molecule has 0 aromatic carbocycles.